The van der Waals surface area contributed by atoms with Gasteiger partial charge in [-0.25, -0.2) is 9.98 Å². The predicted molar refractivity (Wildman–Crippen MR) is 98.1 cm³/mol. The SMILES string of the molecule is C1=CC2=NC1=Cc1cc(c[nH]1)C=c1ccc([nH]1)=CC1=NC(=C2)C=C1. The summed E-state index contributed by atoms with van der Waals surface area (Å²) in [6, 6.07) is 6.24. The van der Waals surface area contributed by atoms with Crippen molar-refractivity contribution in [3.05, 3.63) is 88.1 Å². The molecule has 0 fully saturated rings. The molecule has 8 bridgehead atoms. The number of aliphatic imine (C=N–C) groups is 2. The Bertz CT molecular complexity index is 1140. The van der Waals surface area contributed by atoms with E-state index in [2.05, 4.69) is 44.2 Å². The number of aromatic nitrogens is 2. The van der Waals surface area contributed by atoms with Crippen molar-refractivity contribution in [1.29, 1.82) is 0 Å². The molecule has 0 amide bonds. The second-order valence-corrected chi connectivity index (χ2v) is 5.92. The maximum Gasteiger partial charge on any atom is 0.0659 e. The molecule has 114 valence electrons. The first-order valence-electron chi connectivity index (χ1n) is 7.84. The molecule has 2 aromatic heterocycles. The molecule has 0 spiro atoms. The molecule has 4 nitrogen and oxygen atoms in total. The highest BCUT2D eigenvalue weighted by Gasteiger charge is 2.07. The third-order valence-electron chi connectivity index (χ3n) is 4.05. The second-order valence-electron chi connectivity index (χ2n) is 5.92. The van der Waals surface area contributed by atoms with Gasteiger partial charge < -0.3 is 9.97 Å². The molecule has 5 rings (SSSR count). The van der Waals surface area contributed by atoms with Gasteiger partial charge in [0.05, 0.1) is 22.8 Å². The van der Waals surface area contributed by atoms with Crippen LogP contribution in [0.25, 0.3) is 18.2 Å². The average Bonchev–Trinajstić information content (AvgIpc) is 3.32. The van der Waals surface area contributed by atoms with E-state index in [0.717, 1.165) is 44.8 Å². The van der Waals surface area contributed by atoms with Crippen LogP contribution in [0.4, 0.5) is 0 Å². The molecular weight excluding hydrogens is 296 g/mol. The third kappa shape index (κ3) is 2.44. The summed E-state index contributed by atoms with van der Waals surface area (Å²) in [6.07, 6.45) is 18.2. The monoisotopic (exact) mass is 310 g/mol. The van der Waals surface area contributed by atoms with E-state index in [1.807, 2.05) is 48.7 Å². The largest absolute Gasteiger partial charge is 0.361 e. The van der Waals surface area contributed by atoms with Gasteiger partial charge in [0, 0.05) is 22.6 Å². The van der Waals surface area contributed by atoms with Crippen LogP contribution in [-0.4, -0.2) is 21.4 Å². The fraction of sp³-hybridized carbons (Fsp3) is 0. The van der Waals surface area contributed by atoms with E-state index in [9.17, 15) is 0 Å². The minimum atomic E-state index is 0.915. The van der Waals surface area contributed by atoms with Gasteiger partial charge in [-0.3, -0.25) is 0 Å². The summed E-state index contributed by atoms with van der Waals surface area (Å²) in [5, 5.41) is 2.10. The minimum absolute atomic E-state index is 0.915. The van der Waals surface area contributed by atoms with Crippen LogP contribution in [0.1, 0.15) is 11.3 Å². The lowest BCUT2D eigenvalue weighted by atomic mass is 10.2. The zero-order valence-electron chi connectivity index (χ0n) is 12.8. The summed E-state index contributed by atoms with van der Waals surface area (Å²) in [5.41, 5.74) is 5.85. The second kappa shape index (κ2) is 5.06. The lowest BCUT2D eigenvalue weighted by Crippen LogP contribution is -2.10. The number of aromatic amines is 2. The van der Waals surface area contributed by atoms with Gasteiger partial charge in [-0.15, -0.1) is 0 Å². The van der Waals surface area contributed by atoms with Crippen molar-refractivity contribution in [3.63, 3.8) is 0 Å². The Balaban J connectivity index is 1.72. The van der Waals surface area contributed by atoms with E-state index in [4.69, 9.17) is 0 Å². The summed E-state index contributed by atoms with van der Waals surface area (Å²) >= 11 is 0. The number of allylic oxidation sites excluding steroid dienone is 5. The van der Waals surface area contributed by atoms with Gasteiger partial charge in [-0.2, -0.15) is 0 Å². The molecule has 5 heterocycles. The summed E-state index contributed by atoms with van der Waals surface area (Å²) in [5.74, 6) is 0. The number of rotatable bonds is 0. The molecule has 0 aliphatic carbocycles. The van der Waals surface area contributed by atoms with Crippen molar-refractivity contribution in [2.24, 2.45) is 9.98 Å². The Kier molecular flexibility index (Phi) is 2.76. The highest BCUT2D eigenvalue weighted by Crippen LogP contribution is 2.17. The van der Waals surface area contributed by atoms with Crippen molar-refractivity contribution < 1.29 is 0 Å². The number of hydrogen-bond donors (Lipinski definition) is 2. The van der Waals surface area contributed by atoms with Crippen molar-refractivity contribution in [3.8, 4) is 0 Å². The first kappa shape index (κ1) is 13.1. The first-order chi connectivity index (χ1) is 11.8. The van der Waals surface area contributed by atoms with Crippen molar-refractivity contribution >= 4 is 29.7 Å². The minimum Gasteiger partial charge on any atom is -0.361 e. The molecular formula is C20H14N4. The van der Waals surface area contributed by atoms with E-state index in [0.29, 0.717) is 0 Å². The highest BCUT2D eigenvalue weighted by molar-refractivity contribution is 6.19. The Morgan fingerprint density at radius 1 is 0.708 bits per heavy atom. The van der Waals surface area contributed by atoms with Crippen LogP contribution in [-0.2, 0) is 0 Å². The fourth-order valence-corrected chi connectivity index (χ4v) is 2.95. The van der Waals surface area contributed by atoms with Gasteiger partial charge >= 0.3 is 0 Å². The molecule has 24 heavy (non-hydrogen) atoms. The zero-order chi connectivity index (χ0) is 15.9. The zero-order valence-corrected chi connectivity index (χ0v) is 12.8. The molecule has 0 unspecified atom stereocenters. The van der Waals surface area contributed by atoms with Crippen LogP contribution in [0.5, 0.6) is 0 Å². The molecule has 3 aliphatic rings. The summed E-state index contributed by atoms with van der Waals surface area (Å²) in [4.78, 5) is 15.9. The molecule has 3 aliphatic heterocycles. The van der Waals surface area contributed by atoms with Gasteiger partial charge in [0.25, 0.3) is 0 Å². The normalized spacial score (nSPS) is 17.7. The number of fused-ring (bicyclic) bond motifs is 6. The van der Waals surface area contributed by atoms with E-state index in [-0.39, 0.29) is 0 Å². The van der Waals surface area contributed by atoms with Crippen molar-refractivity contribution in [2.45, 2.75) is 0 Å². The fourth-order valence-electron chi connectivity index (χ4n) is 2.95. The summed E-state index contributed by atoms with van der Waals surface area (Å²) in [7, 11) is 0. The quantitative estimate of drug-likeness (QED) is 0.750. The third-order valence-corrected chi connectivity index (χ3v) is 4.05. The molecule has 0 atom stereocenters. The maximum atomic E-state index is 4.62. The molecule has 0 saturated heterocycles. The predicted octanol–water partition coefficient (Wildman–Crippen LogP) is 2.21. The maximum absolute atomic E-state index is 4.62. The Labute approximate surface area is 138 Å². The topological polar surface area (TPSA) is 56.3 Å². The van der Waals surface area contributed by atoms with Crippen LogP contribution in [0.15, 0.2) is 76.2 Å². The molecule has 0 saturated carbocycles. The van der Waals surface area contributed by atoms with E-state index in [1.54, 1.807) is 0 Å². The lowest BCUT2D eigenvalue weighted by molar-refractivity contribution is 1.27. The van der Waals surface area contributed by atoms with Crippen LogP contribution < -0.4 is 10.7 Å². The number of nitrogens with one attached hydrogen (secondary N) is 2. The van der Waals surface area contributed by atoms with Gasteiger partial charge in [0.15, 0.2) is 0 Å². The summed E-state index contributed by atoms with van der Waals surface area (Å²) < 4.78 is 0. The first-order valence-corrected chi connectivity index (χ1v) is 7.84. The smallest absolute Gasteiger partial charge is 0.0659 e. The molecule has 4 heteroatoms. The summed E-state index contributed by atoms with van der Waals surface area (Å²) in [6.45, 7) is 0. The van der Waals surface area contributed by atoms with E-state index in [1.165, 1.54) is 0 Å². The number of hydrogen-bond acceptors (Lipinski definition) is 2. The van der Waals surface area contributed by atoms with Gasteiger partial charge in [-0.05, 0) is 72.4 Å². The van der Waals surface area contributed by atoms with Crippen LogP contribution in [0, 0.1) is 0 Å². The lowest BCUT2D eigenvalue weighted by Gasteiger charge is -1.91. The van der Waals surface area contributed by atoms with Crippen molar-refractivity contribution in [2.75, 3.05) is 0 Å². The Morgan fingerprint density at radius 3 is 2.25 bits per heavy atom. The Hall–Kier alpha value is -3.40. The molecule has 2 aromatic rings. The van der Waals surface area contributed by atoms with E-state index >= 15 is 0 Å². The average molecular weight is 310 g/mol. The highest BCUT2D eigenvalue weighted by atomic mass is 14.8. The Morgan fingerprint density at radius 2 is 1.42 bits per heavy atom. The van der Waals surface area contributed by atoms with Gasteiger partial charge in [0.1, 0.15) is 0 Å². The van der Waals surface area contributed by atoms with Gasteiger partial charge in [0.2, 0.25) is 0 Å². The molecule has 0 radical (unpaired) electrons. The number of H-pyrrole nitrogens is 2. The molecule has 2 N–H and O–H groups in total. The number of nitrogens with zero attached hydrogens (tertiary/aromatic N) is 2. The van der Waals surface area contributed by atoms with E-state index < -0.39 is 0 Å². The standard InChI is InChI=1S/C20H14N4/c1-2-15-9-16-3-4-17(23-16)10-18-5-6-19(24-18)11-20-8-13(12-21-20)7-14(1)22-15/h1-12,21-22H. The van der Waals surface area contributed by atoms with Crippen LogP contribution >= 0.6 is 0 Å². The van der Waals surface area contributed by atoms with Gasteiger partial charge in [-0.1, -0.05) is 0 Å². The molecule has 0 aromatic carbocycles. The van der Waals surface area contributed by atoms with Crippen molar-refractivity contribution in [1.82, 2.24) is 9.97 Å². The van der Waals surface area contributed by atoms with Crippen LogP contribution in [0.3, 0.4) is 0 Å². The van der Waals surface area contributed by atoms with Crippen LogP contribution in [0.2, 0.25) is 0 Å².